The van der Waals surface area contributed by atoms with E-state index in [-0.39, 0.29) is 23.4 Å². The van der Waals surface area contributed by atoms with E-state index in [0.29, 0.717) is 17.3 Å². The van der Waals surface area contributed by atoms with E-state index < -0.39 is 9.84 Å². The lowest BCUT2D eigenvalue weighted by molar-refractivity contribution is 0.505. The van der Waals surface area contributed by atoms with Crippen LogP contribution in [0.3, 0.4) is 0 Å². The van der Waals surface area contributed by atoms with Gasteiger partial charge in [0.2, 0.25) is 0 Å². The summed E-state index contributed by atoms with van der Waals surface area (Å²) in [6.45, 7) is 4.43. The Balaban J connectivity index is 2.71. The molecule has 0 radical (unpaired) electrons. The fourth-order valence-electron chi connectivity index (χ4n) is 2.01. The molecule has 0 saturated heterocycles. The molecule has 0 fully saturated rings. The standard InChI is InChI=1S/C14H21BrFNO2S/c1-3-17-14(6-5-9-20(18,19)4-2)11-7-8-13(16)12(15)10-11/h7-8,10,14,17H,3-6,9H2,1-2H3. The van der Waals surface area contributed by atoms with Gasteiger partial charge in [0.25, 0.3) is 0 Å². The van der Waals surface area contributed by atoms with E-state index in [4.69, 9.17) is 0 Å². The van der Waals surface area contributed by atoms with E-state index >= 15 is 0 Å². The molecule has 0 aliphatic heterocycles. The van der Waals surface area contributed by atoms with Gasteiger partial charge in [-0.15, -0.1) is 0 Å². The third-order valence-corrected chi connectivity index (χ3v) is 5.58. The Morgan fingerprint density at radius 3 is 2.60 bits per heavy atom. The van der Waals surface area contributed by atoms with Crippen molar-refractivity contribution in [3.8, 4) is 0 Å². The van der Waals surface area contributed by atoms with E-state index in [1.807, 2.05) is 6.92 Å². The van der Waals surface area contributed by atoms with Crippen molar-refractivity contribution in [2.75, 3.05) is 18.1 Å². The second-order valence-electron chi connectivity index (χ2n) is 4.66. The molecule has 0 heterocycles. The summed E-state index contributed by atoms with van der Waals surface area (Å²) in [6.07, 6.45) is 1.31. The van der Waals surface area contributed by atoms with Crippen LogP contribution in [0.2, 0.25) is 0 Å². The van der Waals surface area contributed by atoms with Crippen molar-refractivity contribution in [2.45, 2.75) is 32.7 Å². The van der Waals surface area contributed by atoms with E-state index in [1.54, 1.807) is 19.1 Å². The van der Waals surface area contributed by atoms with E-state index in [0.717, 1.165) is 12.1 Å². The zero-order valence-electron chi connectivity index (χ0n) is 11.8. The number of nitrogens with one attached hydrogen (secondary N) is 1. The molecule has 0 aliphatic rings. The highest BCUT2D eigenvalue weighted by molar-refractivity contribution is 9.10. The van der Waals surface area contributed by atoms with Crippen LogP contribution in [0.15, 0.2) is 22.7 Å². The van der Waals surface area contributed by atoms with Gasteiger partial charge in [-0.2, -0.15) is 0 Å². The third-order valence-electron chi connectivity index (χ3n) is 3.18. The van der Waals surface area contributed by atoms with E-state index in [2.05, 4.69) is 21.2 Å². The Labute approximate surface area is 129 Å². The van der Waals surface area contributed by atoms with Gasteiger partial charge >= 0.3 is 0 Å². The average molecular weight is 366 g/mol. The molecule has 0 amide bonds. The van der Waals surface area contributed by atoms with Crippen LogP contribution in [0.25, 0.3) is 0 Å². The maximum atomic E-state index is 13.3. The van der Waals surface area contributed by atoms with Gasteiger partial charge in [0.15, 0.2) is 0 Å². The number of hydrogen-bond donors (Lipinski definition) is 1. The zero-order valence-corrected chi connectivity index (χ0v) is 14.2. The highest BCUT2D eigenvalue weighted by atomic mass is 79.9. The largest absolute Gasteiger partial charge is 0.310 e. The van der Waals surface area contributed by atoms with Crippen LogP contribution < -0.4 is 5.32 Å². The fraction of sp³-hybridized carbons (Fsp3) is 0.571. The van der Waals surface area contributed by atoms with Gasteiger partial charge in [-0.25, -0.2) is 12.8 Å². The Hall–Kier alpha value is -0.460. The van der Waals surface area contributed by atoms with Crippen LogP contribution in [-0.2, 0) is 9.84 Å². The van der Waals surface area contributed by atoms with Crippen molar-refractivity contribution >= 4 is 25.8 Å². The van der Waals surface area contributed by atoms with Crippen LogP contribution in [-0.4, -0.2) is 26.5 Å². The molecule has 0 bridgehead atoms. The first kappa shape index (κ1) is 17.6. The molecule has 1 aromatic carbocycles. The Bertz CT molecular complexity index is 534. The molecule has 20 heavy (non-hydrogen) atoms. The summed E-state index contributed by atoms with van der Waals surface area (Å²) in [5.41, 5.74) is 0.967. The minimum atomic E-state index is -2.92. The first-order valence-corrected chi connectivity index (χ1v) is 9.39. The van der Waals surface area contributed by atoms with Crippen molar-refractivity contribution in [3.05, 3.63) is 34.1 Å². The number of sulfone groups is 1. The fourth-order valence-corrected chi connectivity index (χ4v) is 3.31. The first-order valence-electron chi connectivity index (χ1n) is 6.78. The molecule has 1 atom stereocenters. The predicted molar refractivity (Wildman–Crippen MR) is 84.1 cm³/mol. The first-order chi connectivity index (χ1) is 9.39. The SMILES string of the molecule is CCNC(CCCS(=O)(=O)CC)c1ccc(F)c(Br)c1. The summed E-state index contributed by atoms with van der Waals surface area (Å²) >= 11 is 3.18. The van der Waals surface area contributed by atoms with Crippen molar-refractivity contribution in [2.24, 2.45) is 0 Å². The lowest BCUT2D eigenvalue weighted by Gasteiger charge is -2.18. The molecule has 1 unspecified atom stereocenters. The minimum absolute atomic E-state index is 0.0453. The predicted octanol–water partition coefficient (Wildman–Crippen LogP) is 3.45. The van der Waals surface area contributed by atoms with Gasteiger partial charge in [-0.1, -0.05) is 19.9 Å². The Morgan fingerprint density at radius 2 is 2.05 bits per heavy atom. The second kappa shape index (κ2) is 8.10. The van der Waals surface area contributed by atoms with Crippen LogP contribution >= 0.6 is 15.9 Å². The molecule has 1 N–H and O–H groups in total. The molecule has 0 aromatic heterocycles. The quantitative estimate of drug-likeness (QED) is 0.767. The highest BCUT2D eigenvalue weighted by Crippen LogP contribution is 2.24. The second-order valence-corrected chi connectivity index (χ2v) is 7.99. The molecular formula is C14H21BrFNO2S. The summed E-state index contributed by atoms with van der Waals surface area (Å²) in [4.78, 5) is 0. The molecule has 114 valence electrons. The van der Waals surface area contributed by atoms with Crippen molar-refractivity contribution < 1.29 is 12.8 Å². The number of benzene rings is 1. The lowest BCUT2D eigenvalue weighted by atomic mass is 10.0. The van der Waals surface area contributed by atoms with Crippen molar-refractivity contribution in [3.63, 3.8) is 0 Å². The van der Waals surface area contributed by atoms with Crippen LogP contribution in [0.4, 0.5) is 4.39 Å². The Morgan fingerprint density at radius 1 is 1.35 bits per heavy atom. The molecule has 1 aromatic rings. The average Bonchev–Trinajstić information content (AvgIpc) is 2.41. The monoisotopic (exact) mass is 365 g/mol. The van der Waals surface area contributed by atoms with Gasteiger partial charge in [-0.05, 0) is 53.0 Å². The van der Waals surface area contributed by atoms with Crippen LogP contribution in [0, 0.1) is 5.82 Å². The summed E-state index contributed by atoms with van der Waals surface area (Å²) < 4.78 is 36.7. The number of rotatable bonds is 8. The molecule has 3 nitrogen and oxygen atoms in total. The van der Waals surface area contributed by atoms with Crippen molar-refractivity contribution in [1.29, 1.82) is 0 Å². The van der Waals surface area contributed by atoms with E-state index in [9.17, 15) is 12.8 Å². The maximum Gasteiger partial charge on any atom is 0.150 e. The molecule has 1 rings (SSSR count). The minimum Gasteiger partial charge on any atom is -0.310 e. The zero-order chi connectivity index (χ0) is 15.2. The van der Waals surface area contributed by atoms with Gasteiger partial charge < -0.3 is 5.32 Å². The molecular weight excluding hydrogens is 345 g/mol. The molecule has 0 saturated carbocycles. The van der Waals surface area contributed by atoms with Crippen molar-refractivity contribution in [1.82, 2.24) is 5.32 Å². The lowest BCUT2D eigenvalue weighted by Crippen LogP contribution is -2.22. The molecule has 0 spiro atoms. The van der Waals surface area contributed by atoms with Crippen LogP contribution in [0.5, 0.6) is 0 Å². The number of halogens is 2. The summed E-state index contributed by atoms with van der Waals surface area (Å²) in [5.74, 6) is 0.0897. The van der Waals surface area contributed by atoms with Gasteiger partial charge in [-0.3, -0.25) is 0 Å². The van der Waals surface area contributed by atoms with E-state index in [1.165, 1.54) is 6.07 Å². The Kier molecular flexibility index (Phi) is 7.12. The molecule has 6 heteroatoms. The highest BCUT2D eigenvalue weighted by Gasteiger charge is 2.14. The summed E-state index contributed by atoms with van der Waals surface area (Å²) in [5, 5.41) is 3.31. The van der Waals surface area contributed by atoms with Gasteiger partial charge in [0.1, 0.15) is 15.7 Å². The number of hydrogen-bond acceptors (Lipinski definition) is 3. The smallest absolute Gasteiger partial charge is 0.150 e. The van der Waals surface area contributed by atoms with Gasteiger partial charge in [0.05, 0.1) is 10.2 Å². The van der Waals surface area contributed by atoms with Gasteiger partial charge in [0, 0.05) is 11.8 Å². The summed E-state index contributed by atoms with van der Waals surface area (Å²) in [7, 11) is -2.92. The van der Waals surface area contributed by atoms with Crippen LogP contribution in [0.1, 0.15) is 38.3 Å². The summed E-state index contributed by atoms with van der Waals surface area (Å²) in [6, 6.07) is 4.95. The maximum absolute atomic E-state index is 13.3. The molecule has 0 aliphatic carbocycles. The topological polar surface area (TPSA) is 46.2 Å². The third kappa shape index (κ3) is 5.50. The normalized spacial score (nSPS) is 13.4.